The number of carboxylic acids is 1. The maximum absolute atomic E-state index is 10.5. The van der Waals surface area contributed by atoms with E-state index in [0.717, 1.165) is 22.0 Å². The van der Waals surface area contributed by atoms with Crippen molar-refractivity contribution in [1.82, 2.24) is 4.98 Å². The minimum atomic E-state index is -0.779. The number of carboxylic acid groups (broad SMARTS) is 1. The van der Waals surface area contributed by atoms with Crippen LogP contribution in [0.15, 0.2) is 34.7 Å². The molecule has 0 aliphatic rings. The highest BCUT2D eigenvalue weighted by atomic mass is 32.1. The van der Waals surface area contributed by atoms with Crippen molar-refractivity contribution in [3.05, 3.63) is 46.5 Å². The number of anilines is 1. The zero-order chi connectivity index (χ0) is 14.4. The van der Waals surface area contributed by atoms with Gasteiger partial charge >= 0.3 is 5.97 Å². The second-order valence-electron chi connectivity index (χ2n) is 4.30. The van der Waals surface area contributed by atoms with Crippen LogP contribution in [0.25, 0.3) is 0 Å². The molecule has 0 saturated heterocycles. The third-order valence-corrected chi connectivity index (χ3v) is 3.46. The first-order valence-electron chi connectivity index (χ1n) is 6.15. The molecule has 0 aliphatic carbocycles. The van der Waals surface area contributed by atoms with E-state index in [1.807, 2.05) is 36.6 Å². The molecule has 0 aliphatic heterocycles. The van der Waals surface area contributed by atoms with Crippen molar-refractivity contribution in [2.24, 2.45) is 5.10 Å². The molecule has 1 heterocycles. The molecule has 0 bridgehead atoms. The third-order valence-electron chi connectivity index (χ3n) is 2.60. The number of thiazole rings is 1. The Hall–Kier alpha value is -2.21. The molecule has 2 N–H and O–H groups in total. The molecule has 1 aromatic heterocycles. The van der Waals surface area contributed by atoms with E-state index in [9.17, 15) is 4.79 Å². The average molecular weight is 289 g/mol. The van der Waals surface area contributed by atoms with Gasteiger partial charge in [0.15, 0.2) is 0 Å². The van der Waals surface area contributed by atoms with Crippen molar-refractivity contribution in [2.75, 3.05) is 5.43 Å². The van der Waals surface area contributed by atoms with Crippen molar-refractivity contribution in [1.29, 1.82) is 0 Å². The van der Waals surface area contributed by atoms with Gasteiger partial charge in [0.25, 0.3) is 0 Å². The van der Waals surface area contributed by atoms with E-state index < -0.39 is 5.97 Å². The number of nitrogens with zero attached hydrogens (tertiary/aromatic N) is 2. The molecule has 5 nitrogen and oxygen atoms in total. The predicted octanol–water partition coefficient (Wildman–Crippen LogP) is 2.91. The van der Waals surface area contributed by atoms with Crippen molar-refractivity contribution in [3.63, 3.8) is 0 Å². The molecule has 0 atom stereocenters. The summed E-state index contributed by atoms with van der Waals surface area (Å²) in [5.41, 5.74) is 5.79. The molecule has 104 valence electrons. The number of benzene rings is 1. The van der Waals surface area contributed by atoms with E-state index >= 15 is 0 Å². The van der Waals surface area contributed by atoms with Crippen LogP contribution in [0.4, 0.5) is 5.13 Å². The fourth-order valence-electron chi connectivity index (χ4n) is 1.59. The van der Waals surface area contributed by atoms with Gasteiger partial charge in [0.2, 0.25) is 5.13 Å². The van der Waals surface area contributed by atoms with Gasteiger partial charge in [-0.05, 0) is 24.5 Å². The summed E-state index contributed by atoms with van der Waals surface area (Å²) in [6.07, 6.45) is 2.40. The fourth-order valence-corrected chi connectivity index (χ4v) is 2.23. The zero-order valence-corrected chi connectivity index (χ0v) is 11.9. The molecule has 0 amide bonds. The molecular formula is C14H15N3O2S. The summed E-state index contributed by atoms with van der Waals surface area (Å²) in [5.74, 6) is -0.779. The topological polar surface area (TPSA) is 74.6 Å². The van der Waals surface area contributed by atoms with Crippen LogP contribution in [0.5, 0.6) is 0 Å². The van der Waals surface area contributed by atoms with Crippen LogP contribution >= 0.6 is 11.3 Å². The van der Waals surface area contributed by atoms with E-state index in [-0.39, 0.29) is 6.42 Å². The Labute approximate surface area is 121 Å². The number of aliphatic carboxylic acids is 1. The highest BCUT2D eigenvalue weighted by molar-refractivity contribution is 7.13. The first kappa shape index (κ1) is 14.2. The molecule has 6 heteroatoms. The van der Waals surface area contributed by atoms with Gasteiger partial charge in [0.1, 0.15) is 0 Å². The standard InChI is InChI=1S/C14H15N3O2S/c1-10-9-20-14(16-10)17-15-8-12-4-2-11(3-5-12)6-7-13(18)19/h2-5,8-9H,6-7H2,1H3,(H,16,17)(H,18,19). The highest BCUT2D eigenvalue weighted by Gasteiger charge is 1.99. The smallest absolute Gasteiger partial charge is 0.303 e. The minimum Gasteiger partial charge on any atom is -0.481 e. The van der Waals surface area contributed by atoms with E-state index in [2.05, 4.69) is 15.5 Å². The number of hydrazone groups is 1. The molecule has 20 heavy (non-hydrogen) atoms. The van der Waals surface area contributed by atoms with Gasteiger partial charge in [0, 0.05) is 11.8 Å². The number of hydrogen-bond donors (Lipinski definition) is 2. The van der Waals surface area contributed by atoms with Crippen molar-refractivity contribution in [3.8, 4) is 0 Å². The summed E-state index contributed by atoms with van der Waals surface area (Å²) in [7, 11) is 0. The SMILES string of the molecule is Cc1csc(NN=Cc2ccc(CCC(=O)O)cc2)n1. The van der Waals surface area contributed by atoms with Crippen LogP contribution in [0.1, 0.15) is 23.2 Å². The molecule has 1 aromatic carbocycles. The second-order valence-corrected chi connectivity index (χ2v) is 5.16. The molecule has 0 saturated carbocycles. The van der Waals surface area contributed by atoms with Gasteiger partial charge in [-0.1, -0.05) is 24.3 Å². The summed E-state index contributed by atoms with van der Waals surface area (Å²) in [6.45, 7) is 1.93. The fraction of sp³-hybridized carbons (Fsp3) is 0.214. The predicted molar refractivity (Wildman–Crippen MR) is 80.5 cm³/mol. The van der Waals surface area contributed by atoms with Gasteiger partial charge < -0.3 is 5.11 Å². The van der Waals surface area contributed by atoms with Crippen molar-refractivity contribution in [2.45, 2.75) is 19.8 Å². The van der Waals surface area contributed by atoms with Gasteiger partial charge in [0.05, 0.1) is 11.9 Å². The summed E-state index contributed by atoms with van der Waals surface area (Å²) in [5, 5.41) is 15.4. The van der Waals surface area contributed by atoms with Gasteiger partial charge in [-0.25, -0.2) is 4.98 Å². The number of nitrogens with one attached hydrogen (secondary N) is 1. The van der Waals surface area contributed by atoms with Crippen LogP contribution in [-0.4, -0.2) is 22.3 Å². The highest BCUT2D eigenvalue weighted by Crippen LogP contribution is 2.14. The van der Waals surface area contributed by atoms with Crippen LogP contribution in [0, 0.1) is 6.92 Å². The minimum absolute atomic E-state index is 0.151. The third kappa shape index (κ3) is 4.47. The van der Waals surface area contributed by atoms with Gasteiger partial charge in [-0.2, -0.15) is 5.10 Å². The van der Waals surface area contributed by atoms with Crippen LogP contribution in [-0.2, 0) is 11.2 Å². The first-order valence-corrected chi connectivity index (χ1v) is 7.03. The second kappa shape index (κ2) is 6.81. The monoisotopic (exact) mass is 289 g/mol. The normalized spacial score (nSPS) is 10.8. The molecule has 2 aromatic rings. The molecular weight excluding hydrogens is 274 g/mol. The quantitative estimate of drug-likeness (QED) is 0.633. The van der Waals surface area contributed by atoms with Gasteiger partial charge in [-0.3, -0.25) is 10.2 Å². The van der Waals surface area contributed by atoms with E-state index in [1.54, 1.807) is 6.21 Å². The summed E-state index contributed by atoms with van der Waals surface area (Å²) in [4.78, 5) is 14.7. The molecule has 2 rings (SSSR count). The number of rotatable bonds is 6. The maximum atomic E-state index is 10.5. The number of carbonyl (C=O) groups is 1. The van der Waals surface area contributed by atoms with E-state index in [1.165, 1.54) is 11.3 Å². The first-order chi connectivity index (χ1) is 9.63. The lowest BCUT2D eigenvalue weighted by atomic mass is 10.1. The van der Waals surface area contributed by atoms with Crippen LogP contribution in [0.3, 0.4) is 0 Å². The lowest BCUT2D eigenvalue weighted by molar-refractivity contribution is -0.136. The lowest BCUT2D eigenvalue weighted by Gasteiger charge is -1.99. The Morgan fingerprint density at radius 3 is 2.80 bits per heavy atom. The summed E-state index contributed by atoms with van der Waals surface area (Å²) in [6, 6.07) is 7.65. The molecule has 0 fully saturated rings. The number of hydrogen-bond acceptors (Lipinski definition) is 5. The molecule has 0 unspecified atom stereocenters. The number of aryl methyl sites for hydroxylation is 2. The Balaban J connectivity index is 1.88. The maximum Gasteiger partial charge on any atom is 0.303 e. The molecule has 0 radical (unpaired) electrons. The van der Waals surface area contributed by atoms with E-state index in [0.29, 0.717) is 6.42 Å². The van der Waals surface area contributed by atoms with E-state index in [4.69, 9.17) is 5.11 Å². The number of aromatic nitrogens is 1. The Morgan fingerprint density at radius 1 is 1.45 bits per heavy atom. The largest absolute Gasteiger partial charge is 0.481 e. The van der Waals surface area contributed by atoms with Crippen LogP contribution in [0.2, 0.25) is 0 Å². The Kier molecular flexibility index (Phi) is 4.84. The lowest BCUT2D eigenvalue weighted by Crippen LogP contribution is -1.97. The summed E-state index contributed by atoms with van der Waals surface area (Å²) >= 11 is 1.50. The zero-order valence-electron chi connectivity index (χ0n) is 11.0. The van der Waals surface area contributed by atoms with Crippen molar-refractivity contribution >= 4 is 28.7 Å². The Bertz CT molecular complexity index is 605. The van der Waals surface area contributed by atoms with Crippen LogP contribution < -0.4 is 5.43 Å². The van der Waals surface area contributed by atoms with Crippen molar-refractivity contribution < 1.29 is 9.90 Å². The summed E-state index contributed by atoms with van der Waals surface area (Å²) < 4.78 is 0. The molecule has 0 spiro atoms. The Morgan fingerprint density at radius 2 is 2.20 bits per heavy atom. The average Bonchev–Trinajstić information content (AvgIpc) is 2.83. The van der Waals surface area contributed by atoms with Gasteiger partial charge in [-0.15, -0.1) is 11.3 Å².